The van der Waals surface area contributed by atoms with Gasteiger partial charge in [-0.25, -0.2) is 0 Å². The van der Waals surface area contributed by atoms with Gasteiger partial charge in [0.1, 0.15) is 5.60 Å². The molecule has 0 aromatic carbocycles. The number of carbonyl (C=O) groups is 2. The first-order chi connectivity index (χ1) is 14.5. The van der Waals surface area contributed by atoms with Crippen molar-refractivity contribution in [2.24, 2.45) is 21.8 Å². The molecule has 3 rings (SSSR count). The Kier molecular flexibility index (Phi) is 6.84. The van der Waals surface area contributed by atoms with Crippen molar-refractivity contribution in [3.8, 4) is 0 Å². The van der Waals surface area contributed by atoms with Crippen LogP contribution in [0.4, 0.5) is 0 Å². The fraction of sp³-hybridized carbons (Fsp3) is 0.667. The van der Waals surface area contributed by atoms with E-state index in [-0.39, 0.29) is 17.8 Å². The largest absolute Gasteiger partial charge is 0.460 e. The third-order valence-electron chi connectivity index (χ3n) is 6.21. The van der Waals surface area contributed by atoms with Crippen LogP contribution >= 0.6 is 0 Å². The molecular formula is C24H35N3O4. The number of ether oxygens (including phenoxy) is 2. The molecular weight excluding hydrogens is 394 g/mol. The molecule has 1 saturated heterocycles. The van der Waals surface area contributed by atoms with Crippen molar-refractivity contribution in [1.82, 2.24) is 4.90 Å². The number of nitrogens with zero attached hydrogens (tertiary/aromatic N) is 3. The molecule has 0 radical (unpaired) electrons. The Balaban J connectivity index is 1.82. The highest BCUT2D eigenvalue weighted by atomic mass is 16.6. The first-order valence-electron chi connectivity index (χ1n) is 11.1. The molecule has 4 atom stereocenters. The summed E-state index contributed by atoms with van der Waals surface area (Å²) in [4.78, 5) is 37.7. The van der Waals surface area contributed by atoms with Crippen LogP contribution < -0.4 is 0 Å². The molecule has 3 aliphatic rings. The third-order valence-corrected chi connectivity index (χ3v) is 6.21. The summed E-state index contributed by atoms with van der Waals surface area (Å²) < 4.78 is 11.1. The highest BCUT2D eigenvalue weighted by Gasteiger charge is 2.45. The molecule has 31 heavy (non-hydrogen) atoms. The van der Waals surface area contributed by atoms with Crippen molar-refractivity contribution >= 4 is 24.3 Å². The van der Waals surface area contributed by atoms with Crippen LogP contribution in [0.15, 0.2) is 34.3 Å². The third kappa shape index (κ3) is 5.50. The van der Waals surface area contributed by atoms with E-state index in [4.69, 9.17) is 9.47 Å². The van der Waals surface area contributed by atoms with E-state index in [1.807, 2.05) is 63.8 Å². The Labute approximate surface area is 185 Å². The lowest BCUT2D eigenvalue weighted by molar-refractivity contribution is -0.162. The summed E-state index contributed by atoms with van der Waals surface area (Å²) in [6.07, 6.45) is 12.1. The fourth-order valence-electron chi connectivity index (χ4n) is 4.41. The van der Waals surface area contributed by atoms with Crippen LogP contribution in [0.2, 0.25) is 0 Å². The van der Waals surface area contributed by atoms with Gasteiger partial charge in [-0.2, -0.15) is 0 Å². The second kappa shape index (κ2) is 9.07. The number of aliphatic imine (C=N–C) groups is 2. The Hall–Kier alpha value is -2.28. The quantitative estimate of drug-likeness (QED) is 0.583. The van der Waals surface area contributed by atoms with Crippen LogP contribution in [0, 0.1) is 11.8 Å². The SMILES string of the molecule is CC(C)(C)OC(=O)C(CCC(C(=O)N1CCOCC1)C1(C)C=CC=N1)C1(C)C=CC=N1. The summed E-state index contributed by atoms with van der Waals surface area (Å²) in [7, 11) is 0. The summed E-state index contributed by atoms with van der Waals surface area (Å²) in [5, 5.41) is 0. The summed E-state index contributed by atoms with van der Waals surface area (Å²) in [5.41, 5.74) is -1.89. The van der Waals surface area contributed by atoms with E-state index in [1.54, 1.807) is 12.4 Å². The Bertz CT molecular complexity index is 776. The normalized spacial score (nSPS) is 29.4. The van der Waals surface area contributed by atoms with E-state index >= 15 is 0 Å². The summed E-state index contributed by atoms with van der Waals surface area (Å²) >= 11 is 0. The first kappa shape index (κ1) is 23.4. The highest BCUT2D eigenvalue weighted by molar-refractivity contribution is 5.84. The van der Waals surface area contributed by atoms with E-state index in [2.05, 4.69) is 9.98 Å². The molecule has 0 aliphatic carbocycles. The molecule has 0 saturated carbocycles. The fourth-order valence-corrected chi connectivity index (χ4v) is 4.41. The number of allylic oxidation sites excluding steroid dienone is 2. The lowest BCUT2D eigenvalue weighted by atomic mass is 9.76. The zero-order chi connectivity index (χ0) is 22.7. The topological polar surface area (TPSA) is 80.6 Å². The number of esters is 1. The lowest BCUT2D eigenvalue weighted by Gasteiger charge is -2.37. The van der Waals surface area contributed by atoms with Crippen molar-refractivity contribution in [3.63, 3.8) is 0 Å². The molecule has 1 fully saturated rings. The summed E-state index contributed by atoms with van der Waals surface area (Å²) in [6.45, 7) is 11.8. The van der Waals surface area contributed by atoms with E-state index in [1.165, 1.54) is 0 Å². The number of hydrogen-bond donors (Lipinski definition) is 0. The average Bonchev–Trinajstić information content (AvgIpc) is 3.33. The minimum atomic E-state index is -0.676. The van der Waals surface area contributed by atoms with Gasteiger partial charge < -0.3 is 14.4 Å². The average molecular weight is 430 g/mol. The number of amides is 1. The van der Waals surface area contributed by atoms with E-state index in [0.29, 0.717) is 39.1 Å². The van der Waals surface area contributed by atoms with Gasteiger partial charge in [-0.1, -0.05) is 12.2 Å². The van der Waals surface area contributed by atoms with Crippen LogP contribution in [-0.2, 0) is 19.1 Å². The van der Waals surface area contributed by atoms with Gasteiger partial charge in [0, 0.05) is 25.5 Å². The molecule has 0 aromatic heterocycles. The van der Waals surface area contributed by atoms with Crippen LogP contribution in [0.5, 0.6) is 0 Å². The molecule has 4 unspecified atom stereocenters. The van der Waals surface area contributed by atoms with Crippen LogP contribution in [0.25, 0.3) is 0 Å². The minimum Gasteiger partial charge on any atom is -0.460 e. The molecule has 0 spiro atoms. The van der Waals surface area contributed by atoms with Gasteiger partial charge >= 0.3 is 5.97 Å². The first-order valence-corrected chi connectivity index (χ1v) is 11.1. The van der Waals surface area contributed by atoms with Gasteiger partial charge in [0.15, 0.2) is 0 Å². The number of rotatable bonds is 7. The summed E-state index contributed by atoms with van der Waals surface area (Å²) in [6, 6.07) is 0. The predicted molar refractivity (Wildman–Crippen MR) is 122 cm³/mol. The number of hydrogen-bond acceptors (Lipinski definition) is 6. The second-order valence-electron chi connectivity index (χ2n) is 9.88. The molecule has 0 aromatic rings. The zero-order valence-electron chi connectivity index (χ0n) is 19.3. The zero-order valence-corrected chi connectivity index (χ0v) is 19.3. The van der Waals surface area contributed by atoms with Crippen molar-refractivity contribution < 1.29 is 19.1 Å². The summed E-state index contributed by atoms with van der Waals surface area (Å²) in [5.74, 6) is -1.08. The van der Waals surface area contributed by atoms with Gasteiger partial charge in [0.2, 0.25) is 5.91 Å². The maximum absolute atomic E-state index is 13.5. The van der Waals surface area contributed by atoms with Gasteiger partial charge in [-0.3, -0.25) is 19.6 Å². The van der Waals surface area contributed by atoms with Crippen molar-refractivity contribution in [1.29, 1.82) is 0 Å². The predicted octanol–water partition coefficient (Wildman–Crippen LogP) is 3.00. The second-order valence-corrected chi connectivity index (χ2v) is 9.88. The van der Waals surface area contributed by atoms with Crippen molar-refractivity contribution in [3.05, 3.63) is 24.3 Å². The van der Waals surface area contributed by atoms with E-state index in [0.717, 1.165) is 0 Å². The molecule has 1 amide bonds. The standard InChI is InChI=1S/C24H35N3O4/c1-22(2,3)31-21(29)19(24(5)11-7-13-26-24)9-8-18(23(4)10-6-12-25-23)20(28)27-14-16-30-17-15-27/h6-7,10-13,18-19H,8-9,14-17H2,1-5H3. The van der Waals surface area contributed by atoms with Gasteiger partial charge in [0.25, 0.3) is 0 Å². The molecule has 7 nitrogen and oxygen atoms in total. The maximum Gasteiger partial charge on any atom is 0.312 e. The Morgan fingerprint density at radius 3 is 2.00 bits per heavy atom. The van der Waals surface area contributed by atoms with Gasteiger partial charge in [-0.05, 0) is 59.6 Å². The molecule has 3 aliphatic heterocycles. The molecule has 3 heterocycles. The molecule has 0 bridgehead atoms. The Morgan fingerprint density at radius 1 is 1.00 bits per heavy atom. The van der Waals surface area contributed by atoms with Crippen molar-refractivity contribution in [2.75, 3.05) is 26.3 Å². The molecule has 170 valence electrons. The van der Waals surface area contributed by atoms with Crippen molar-refractivity contribution in [2.45, 2.75) is 64.1 Å². The van der Waals surface area contributed by atoms with E-state index < -0.39 is 22.6 Å². The molecule has 7 heteroatoms. The number of morpholine rings is 1. The highest BCUT2D eigenvalue weighted by Crippen LogP contribution is 2.37. The minimum absolute atomic E-state index is 0.0630. The number of carbonyl (C=O) groups excluding carboxylic acids is 2. The van der Waals surface area contributed by atoms with Crippen LogP contribution in [-0.4, -0.2) is 72.2 Å². The van der Waals surface area contributed by atoms with Gasteiger partial charge in [0.05, 0.1) is 36.1 Å². The lowest BCUT2D eigenvalue weighted by Crippen LogP contribution is -2.49. The molecule has 0 N–H and O–H groups in total. The van der Waals surface area contributed by atoms with E-state index in [9.17, 15) is 9.59 Å². The monoisotopic (exact) mass is 429 g/mol. The maximum atomic E-state index is 13.5. The van der Waals surface area contributed by atoms with Crippen LogP contribution in [0.1, 0.15) is 47.5 Å². The Morgan fingerprint density at radius 2 is 1.52 bits per heavy atom. The van der Waals surface area contributed by atoms with Gasteiger partial charge in [-0.15, -0.1) is 0 Å². The van der Waals surface area contributed by atoms with Crippen LogP contribution in [0.3, 0.4) is 0 Å². The smallest absolute Gasteiger partial charge is 0.312 e.